The van der Waals surface area contributed by atoms with Gasteiger partial charge < -0.3 is 15.9 Å². The molecule has 0 saturated heterocycles. The van der Waals surface area contributed by atoms with Crippen LogP contribution in [-0.2, 0) is 4.79 Å². The van der Waals surface area contributed by atoms with Crippen LogP contribution in [0.15, 0.2) is 30.3 Å². The standard InChI is InChI=1S/C10H18O3.C7H7NO/c11-9(7-10(12)13)6-8-4-2-1-3-5-8;8-7(9)6-4-2-1-3-5-6/h8-9,11H,1-7H2,(H,12,13);1-5H,(H2,8,9)/t9-;/m0./s1. The molecule has 5 heteroatoms. The van der Waals surface area contributed by atoms with E-state index >= 15 is 0 Å². The van der Waals surface area contributed by atoms with Gasteiger partial charge in [0.2, 0.25) is 5.91 Å². The first-order valence-corrected chi connectivity index (χ1v) is 7.73. The predicted molar refractivity (Wildman–Crippen MR) is 84.4 cm³/mol. The number of hydrogen-bond donors (Lipinski definition) is 3. The van der Waals surface area contributed by atoms with E-state index in [0.29, 0.717) is 17.9 Å². The number of aliphatic carboxylic acids is 1. The average Bonchev–Trinajstić information content (AvgIpc) is 2.49. The molecule has 1 fully saturated rings. The third-order valence-electron chi connectivity index (χ3n) is 3.80. The van der Waals surface area contributed by atoms with Crippen molar-refractivity contribution in [2.24, 2.45) is 11.7 Å². The molecule has 1 saturated carbocycles. The molecule has 0 spiro atoms. The molecule has 22 heavy (non-hydrogen) atoms. The number of carboxylic acids is 1. The zero-order valence-electron chi connectivity index (χ0n) is 12.8. The lowest BCUT2D eigenvalue weighted by Crippen LogP contribution is -2.19. The fourth-order valence-electron chi connectivity index (χ4n) is 2.69. The van der Waals surface area contributed by atoms with Gasteiger partial charge >= 0.3 is 5.97 Å². The number of aliphatic hydroxyl groups excluding tert-OH is 1. The van der Waals surface area contributed by atoms with Crippen molar-refractivity contribution in [3.8, 4) is 0 Å². The summed E-state index contributed by atoms with van der Waals surface area (Å²) in [6, 6.07) is 8.76. The summed E-state index contributed by atoms with van der Waals surface area (Å²) in [5, 5.41) is 17.8. The summed E-state index contributed by atoms with van der Waals surface area (Å²) in [6.07, 6.45) is 6.04. The molecule has 1 aliphatic carbocycles. The third-order valence-corrected chi connectivity index (χ3v) is 3.80. The molecule has 1 atom stereocenters. The molecule has 4 N–H and O–H groups in total. The Balaban J connectivity index is 0.000000235. The molecule has 0 bridgehead atoms. The van der Waals surface area contributed by atoms with E-state index in [9.17, 15) is 14.7 Å². The van der Waals surface area contributed by atoms with Gasteiger partial charge in [-0.3, -0.25) is 9.59 Å². The number of benzene rings is 1. The van der Waals surface area contributed by atoms with E-state index < -0.39 is 12.1 Å². The highest BCUT2D eigenvalue weighted by Crippen LogP contribution is 2.27. The number of carbonyl (C=O) groups is 2. The fraction of sp³-hybridized carbons (Fsp3) is 0.529. The second-order valence-corrected chi connectivity index (χ2v) is 5.72. The van der Waals surface area contributed by atoms with Crippen molar-refractivity contribution in [1.82, 2.24) is 0 Å². The minimum Gasteiger partial charge on any atom is -0.481 e. The summed E-state index contributed by atoms with van der Waals surface area (Å²) in [5.74, 6) is -0.720. The Hall–Kier alpha value is -1.88. The molecule has 2 rings (SSSR count). The second-order valence-electron chi connectivity index (χ2n) is 5.72. The van der Waals surface area contributed by atoms with Crippen LogP contribution in [0.3, 0.4) is 0 Å². The first-order valence-electron chi connectivity index (χ1n) is 7.73. The topological polar surface area (TPSA) is 101 Å². The Morgan fingerprint density at radius 1 is 1.14 bits per heavy atom. The van der Waals surface area contributed by atoms with Crippen LogP contribution in [0.25, 0.3) is 0 Å². The zero-order chi connectivity index (χ0) is 16.4. The lowest BCUT2D eigenvalue weighted by Gasteiger charge is -2.23. The summed E-state index contributed by atoms with van der Waals surface area (Å²) >= 11 is 0. The summed E-state index contributed by atoms with van der Waals surface area (Å²) in [7, 11) is 0. The highest BCUT2D eigenvalue weighted by molar-refractivity contribution is 5.92. The molecule has 0 aliphatic heterocycles. The molecule has 1 amide bonds. The lowest BCUT2D eigenvalue weighted by atomic mass is 9.85. The number of rotatable bonds is 5. The van der Waals surface area contributed by atoms with E-state index in [0.717, 1.165) is 12.8 Å². The van der Waals surface area contributed by atoms with Crippen molar-refractivity contribution < 1.29 is 19.8 Å². The van der Waals surface area contributed by atoms with Crippen LogP contribution in [-0.4, -0.2) is 28.2 Å². The normalized spacial score (nSPS) is 16.2. The van der Waals surface area contributed by atoms with Gasteiger partial charge in [-0.05, 0) is 24.5 Å². The summed E-state index contributed by atoms with van der Waals surface area (Å²) in [5.41, 5.74) is 5.53. The molecule has 1 aromatic rings. The highest BCUT2D eigenvalue weighted by Gasteiger charge is 2.18. The van der Waals surface area contributed by atoms with Crippen molar-refractivity contribution in [3.63, 3.8) is 0 Å². The molecule has 5 nitrogen and oxygen atoms in total. The van der Waals surface area contributed by atoms with Gasteiger partial charge in [0.05, 0.1) is 12.5 Å². The van der Waals surface area contributed by atoms with Gasteiger partial charge in [0, 0.05) is 5.56 Å². The van der Waals surface area contributed by atoms with E-state index in [2.05, 4.69) is 0 Å². The molecular formula is C17H25NO4. The number of hydrogen-bond acceptors (Lipinski definition) is 3. The zero-order valence-corrected chi connectivity index (χ0v) is 12.8. The van der Waals surface area contributed by atoms with E-state index in [1.54, 1.807) is 24.3 Å². The number of carboxylic acid groups (broad SMARTS) is 1. The Bertz CT molecular complexity index is 455. The second kappa shape index (κ2) is 9.95. The largest absolute Gasteiger partial charge is 0.481 e. The highest BCUT2D eigenvalue weighted by atomic mass is 16.4. The van der Waals surface area contributed by atoms with Crippen molar-refractivity contribution in [2.75, 3.05) is 0 Å². The van der Waals surface area contributed by atoms with Gasteiger partial charge in [-0.2, -0.15) is 0 Å². The first kappa shape index (κ1) is 18.2. The molecule has 1 aliphatic rings. The van der Waals surface area contributed by atoms with Crippen LogP contribution in [0.5, 0.6) is 0 Å². The molecular weight excluding hydrogens is 282 g/mol. The maximum absolute atomic E-state index is 10.4. The summed E-state index contributed by atoms with van der Waals surface area (Å²) in [4.78, 5) is 20.7. The molecule has 0 radical (unpaired) electrons. The van der Waals surface area contributed by atoms with Crippen molar-refractivity contribution in [1.29, 1.82) is 0 Å². The smallest absolute Gasteiger partial charge is 0.305 e. The average molecular weight is 307 g/mol. The van der Waals surface area contributed by atoms with Gasteiger partial charge in [-0.1, -0.05) is 50.3 Å². The maximum Gasteiger partial charge on any atom is 0.305 e. The Morgan fingerprint density at radius 3 is 2.18 bits per heavy atom. The summed E-state index contributed by atoms with van der Waals surface area (Å²) in [6.45, 7) is 0. The summed E-state index contributed by atoms with van der Waals surface area (Å²) < 4.78 is 0. The van der Waals surface area contributed by atoms with E-state index in [-0.39, 0.29) is 12.3 Å². The van der Waals surface area contributed by atoms with Gasteiger partial charge in [-0.25, -0.2) is 0 Å². The Morgan fingerprint density at radius 2 is 1.73 bits per heavy atom. The number of nitrogens with two attached hydrogens (primary N) is 1. The molecule has 0 unspecified atom stereocenters. The fourth-order valence-corrected chi connectivity index (χ4v) is 2.69. The number of primary amides is 1. The van der Waals surface area contributed by atoms with Crippen molar-refractivity contribution in [2.45, 2.75) is 51.0 Å². The maximum atomic E-state index is 10.4. The van der Waals surface area contributed by atoms with Crippen molar-refractivity contribution >= 4 is 11.9 Å². The minimum atomic E-state index is -0.900. The van der Waals surface area contributed by atoms with Crippen LogP contribution in [0.2, 0.25) is 0 Å². The van der Waals surface area contributed by atoms with Gasteiger partial charge in [-0.15, -0.1) is 0 Å². The number of carbonyl (C=O) groups excluding carboxylic acids is 1. The van der Waals surface area contributed by atoms with E-state index in [4.69, 9.17) is 10.8 Å². The van der Waals surface area contributed by atoms with Crippen LogP contribution in [0.4, 0.5) is 0 Å². The van der Waals surface area contributed by atoms with Crippen LogP contribution in [0.1, 0.15) is 55.3 Å². The SMILES string of the molecule is NC(=O)c1ccccc1.O=C(O)C[C@@H](O)CC1CCCCC1. The first-order chi connectivity index (χ1) is 10.5. The van der Waals surface area contributed by atoms with Crippen molar-refractivity contribution in [3.05, 3.63) is 35.9 Å². The van der Waals surface area contributed by atoms with Crippen LogP contribution in [0, 0.1) is 5.92 Å². The monoisotopic (exact) mass is 307 g/mol. The Kier molecular flexibility index (Phi) is 8.22. The van der Waals surface area contributed by atoms with E-state index in [1.165, 1.54) is 19.3 Å². The van der Waals surface area contributed by atoms with Crippen LogP contribution < -0.4 is 5.73 Å². The Labute approximate surface area is 131 Å². The number of aliphatic hydroxyl groups is 1. The molecule has 0 heterocycles. The molecule has 122 valence electrons. The van der Waals surface area contributed by atoms with Gasteiger partial charge in [0.1, 0.15) is 0 Å². The molecule has 0 aromatic heterocycles. The lowest BCUT2D eigenvalue weighted by molar-refractivity contribution is -0.139. The van der Waals surface area contributed by atoms with Gasteiger partial charge in [0.15, 0.2) is 0 Å². The van der Waals surface area contributed by atoms with Crippen LogP contribution >= 0.6 is 0 Å². The van der Waals surface area contributed by atoms with E-state index in [1.807, 2.05) is 6.07 Å². The molecule has 1 aromatic carbocycles. The minimum absolute atomic E-state index is 0.101. The predicted octanol–water partition coefficient (Wildman–Crippen LogP) is 2.58. The number of amides is 1. The third kappa shape index (κ3) is 7.78. The quantitative estimate of drug-likeness (QED) is 0.778. The van der Waals surface area contributed by atoms with Gasteiger partial charge in [0.25, 0.3) is 0 Å².